The number of nitrogens with one attached hydrogen (secondary N) is 3. The molecule has 1 atom stereocenters. The van der Waals surface area contributed by atoms with Crippen LogP contribution >= 0.6 is 23.2 Å². The summed E-state index contributed by atoms with van der Waals surface area (Å²) in [6, 6.07) is 4.50. The van der Waals surface area contributed by atoms with Gasteiger partial charge in [0.1, 0.15) is 5.69 Å². The summed E-state index contributed by atoms with van der Waals surface area (Å²) in [6.45, 7) is 4.50. The molecule has 1 aliphatic rings. The van der Waals surface area contributed by atoms with Gasteiger partial charge >= 0.3 is 12.1 Å². The van der Waals surface area contributed by atoms with Crippen LogP contribution in [-0.2, 0) is 9.59 Å². The first-order chi connectivity index (χ1) is 16.8. The van der Waals surface area contributed by atoms with Crippen LogP contribution in [-0.4, -0.2) is 69.2 Å². The van der Waals surface area contributed by atoms with Crippen molar-refractivity contribution in [2.45, 2.75) is 25.1 Å². The predicted molar refractivity (Wildman–Crippen MR) is 124 cm³/mol. The largest absolute Gasteiger partial charge is 0.490 e. The van der Waals surface area contributed by atoms with Crippen LogP contribution in [0.4, 0.5) is 18.9 Å². The number of carboxylic acid groups (broad SMARTS) is 1. The van der Waals surface area contributed by atoms with Crippen molar-refractivity contribution in [1.82, 2.24) is 20.4 Å². The molecule has 0 spiro atoms. The molecule has 0 saturated carbocycles. The van der Waals surface area contributed by atoms with E-state index in [4.69, 9.17) is 33.1 Å². The lowest BCUT2D eigenvalue weighted by molar-refractivity contribution is -0.192. The highest BCUT2D eigenvalue weighted by Crippen LogP contribution is 2.26. The highest BCUT2D eigenvalue weighted by molar-refractivity contribution is 6.40. The highest BCUT2D eigenvalue weighted by atomic mass is 35.5. The molecule has 4 N–H and O–H groups in total. The van der Waals surface area contributed by atoms with Crippen LogP contribution in [0.1, 0.15) is 33.7 Å². The zero-order valence-electron chi connectivity index (χ0n) is 18.4. The van der Waals surface area contributed by atoms with Crippen molar-refractivity contribution >= 4 is 52.6 Å². The number of piperidine rings is 1. The zero-order chi connectivity index (χ0) is 27.0. The lowest BCUT2D eigenvalue weighted by atomic mass is 10.1. The number of carbonyl (C=O) groups is 4. The van der Waals surface area contributed by atoms with Gasteiger partial charge in [0.15, 0.2) is 0 Å². The van der Waals surface area contributed by atoms with Gasteiger partial charge in [0, 0.05) is 19.1 Å². The van der Waals surface area contributed by atoms with E-state index in [1.807, 2.05) is 0 Å². The number of nitrogens with zero attached hydrogens (tertiary/aromatic N) is 2. The Morgan fingerprint density at radius 1 is 1.19 bits per heavy atom. The Hall–Kier alpha value is -3.58. The molecule has 0 aliphatic carbocycles. The van der Waals surface area contributed by atoms with E-state index in [0.717, 1.165) is 12.8 Å². The fraction of sp³-hybridized carbons (Fsp3) is 0.286. The molecule has 0 bridgehead atoms. The average Bonchev–Trinajstić information content (AvgIpc) is 3.26. The van der Waals surface area contributed by atoms with E-state index in [9.17, 15) is 27.6 Å². The molecule has 2 heterocycles. The summed E-state index contributed by atoms with van der Waals surface area (Å²) < 4.78 is 31.7. The Labute approximate surface area is 212 Å². The van der Waals surface area contributed by atoms with Crippen molar-refractivity contribution in [3.8, 4) is 0 Å². The van der Waals surface area contributed by atoms with Gasteiger partial charge in [-0.1, -0.05) is 35.8 Å². The monoisotopic (exact) mass is 549 g/mol. The highest BCUT2D eigenvalue weighted by Gasteiger charge is 2.38. The molecule has 0 unspecified atom stereocenters. The molecule has 3 amide bonds. The number of aliphatic carboxylic acids is 1. The first kappa shape index (κ1) is 28.7. The number of rotatable bonds is 5. The van der Waals surface area contributed by atoms with E-state index in [1.165, 1.54) is 12.3 Å². The number of benzene rings is 1. The molecular formula is C21H20Cl2F3N5O5. The third-order valence-electron chi connectivity index (χ3n) is 4.79. The van der Waals surface area contributed by atoms with Gasteiger partial charge < -0.3 is 20.6 Å². The lowest BCUT2D eigenvalue weighted by Gasteiger charge is -2.32. The van der Waals surface area contributed by atoms with Gasteiger partial charge in [-0.25, -0.2) is 4.79 Å². The van der Waals surface area contributed by atoms with Gasteiger partial charge in [-0.15, -0.1) is 0 Å². The van der Waals surface area contributed by atoms with Crippen LogP contribution < -0.4 is 10.6 Å². The smallest absolute Gasteiger partial charge is 0.475 e. The minimum Gasteiger partial charge on any atom is -0.475 e. The summed E-state index contributed by atoms with van der Waals surface area (Å²) in [4.78, 5) is 47.6. The van der Waals surface area contributed by atoms with Gasteiger partial charge in [-0.2, -0.15) is 18.3 Å². The second-order valence-electron chi connectivity index (χ2n) is 7.31. The Kier molecular flexibility index (Phi) is 9.87. The van der Waals surface area contributed by atoms with Gasteiger partial charge in [0.25, 0.3) is 11.8 Å². The van der Waals surface area contributed by atoms with Gasteiger partial charge in [0.2, 0.25) is 5.91 Å². The van der Waals surface area contributed by atoms with Crippen molar-refractivity contribution < 1.29 is 37.5 Å². The number of aromatic nitrogens is 2. The molecule has 0 radical (unpaired) electrons. The molecule has 15 heteroatoms. The number of amides is 3. The van der Waals surface area contributed by atoms with Gasteiger partial charge in [-0.3, -0.25) is 19.5 Å². The Balaban J connectivity index is 0.000000572. The fourth-order valence-electron chi connectivity index (χ4n) is 3.14. The summed E-state index contributed by atoms with van der Waals surface area (Å²) in [5, 5.41) is 19.4. The number of anilines is 1. The number of halogens is 5. The first-order valence-corrected chi connectivity index (χ1v) is 10.9. The quantitative estimate of drug-likeness (QED) is 0.420. The summed E-state index contributed by atoms with van der Waals surface area (Å²) in [5.74, 6) is -3.93. The van der Waals surface area contributed by atoms with Crippen molar-refractivity contribution in [3.05, 3.63) is 58.4 Å². The third-order valence-corrected chi connectivity index (χ3v) is 5.42. The lowest BCUT2D eigenvalue weighted by Crippen LogP contribution is -2.49. The summed E-state index contributed by atoms with van der Waals surface area (Å²) in [7, 11) is 0. The number of likely N-dealkylation sites (tertiary alicyclic amines) is 1. The first-order valence-electron chi connectivity index (χ1n) is 10.2. The summed E-state index contributed by atoms with van der Waals surface area (Å²) in [6.07, 6.45) is -1.00. The molecular weight excluding hydrogens is 530 g/mol. The van der Waals surface area contributed by atoms with Crippen LogP contribution in [0.5, 0.6) is 0 Å². The zero-order valence-corrected chi connectivity index (χ0v) is 19.9. The maximum atomic E-state index is 12.7. The van der Waals surface area contributed by atoms with Crippen LogP contribution in [0.25, 0.3) is 0 Å². The van der Waals surface area contributed by atoms with Gasteiger partial charge in [-0.05, 0) is 31.1 Å². The maximum Gasteiger partial charge on any atom is 0.490 e. The third kappa shape index (κ3) is 7.71. The molecule has 3 rings (SSSR count). The summed E-state index contributed by atoms with van der Waals surface area (Å²) >= 11 is 12.1. The molecule has 1 aromatic heterocycles. The number of hydrogen-bond acceptors (Lipinski definition) is 5. The molecule has 194 valence electrons. The summed E-state index contributed by atoms with van der Waals surface area (Å²) in [5.41, 5.74) is 0.390. The topological polar surface area (TPSA) is 144 Å². The molecule has 10 nitrogen and oxygen atoms in total. The van der Waals surface area contributed by atoms with Crippen molar-refractivity contribution in [2.75, 3.05) is 18.4 Å². The van der Waals surface area contributed by atoms with Crippen LogP contribution in [0, 0.1) is 0 Å². The van der Waals surface area contributed by atoms with E-state index in [-0.39, 0.29) is 38.9 Å². The second kappa shape index (κ2) is 12.4. The SMILES string of the molecule is C=CC(=O)N1CCC[C@@H](NC(=O)c2[nH]ncc2NC(=O)c2c(Cl)cccc2Cl)C1.O=C(O)C(F)(F)F. The fourth-order valence-corrected chi connectivity index (χ4v) is 3.70. The van der Waals surface area contributed by atoms with Crippen molar-refractivity contribution in [3.63, 3.8) is 0 Å². The molecule has 1 aromatic carbocycles. The number of aromatic amines is 1. The molecule has 1 fully saturated rings. The van der Waals surface area contributed by atoms with E-state index >= 15 is 0 Å². The molecule has 1 saturated heterocycles. The van der Waals surface area contributed by atoms with E-state index in [1.54, 1.807) is 23.1 Å². The van der Waals surface area contributed by atoms with E-state index < -0.39 is 24.0 Å². The Bertz CT molecular complexity index is 1130. The molecule has 1 aliphatic heterocycles. The molecule has 36 heavy (non-hydrogen) atoms. The van der Waals surface area contributed by atoms with Crippen LogP contribution in [0.2, 0.25) is 10.0 Å². The maximum absolute atomic E-state index is 12.7. The van der Waals surface area contributed by atoms with Crippen LogP contribution in [0.3, 0.4) is 0 Å². The number of H-pyrrole nitrogens is 1. The van der Waals surface area contributed by atoms with Gasteiger partial charge in [0.05, 0.1) is 27.5 Å². The molecule has 2 aromatic rings. The predicted octanol–water partition coefficient (Wildman–Crippen LogP) is 3.51. The van der Waals surface area contributed by atoms with Crippen LogP contribution in [0.15, 0.2) is 37.1 Å². The number of hydrogen-bond donors (Lipinski definition) is 4. The average molecular weight is 550 g/mol. The second-order valence-corrected chi connectivity index (χ2v) is 8.13. The normalized spacial score (nSPS) is 15.2. The Morgan fingerprint density at radius 3 is 2.36 bits per heavy atom. The van der Waals surface area contributed by atoms with Crippen molar-refractivity contribution in [2.24, 2.45) is 0 Å². The number of carbonyl (C=O) groups excluding carboxylic acids is 3. The minimum absolute atomic E-state index is 0.0914. The Morgan fingerprint density at radius 2 is 1.81 bits per heavy atom. The minimum atomic E-state index is -5.08. The number of alkyl halides is 3. The standard InChI is InChI=1S/C19H19Cl2N5O3.C2HF3O2/c1-2-15(27)26-8-4-5-11(10-26)23-19(29)17-14(9-22-25-17)24-18(28)16-12(20)6-3-7-13(16)21;3-2(4,5)1(6)7/h2-3,6-7,9,11H,1,4-5,8,10H2,(H,22,25)(H,23,29)(H,24,28);(H,6,7)/t11-;/m1./s1. The van der Waals surface area contributed by atoms with E-state index in [0.29, 0.717) is 13.1 Å². The van der Waals surface area contributed by atoms with Crippen molar-refractivity contribution in [1.29, 1.82) is 0 Å². The number of carboxylic acids is 1. The van der Waals surface area contributed by atoms with E-state index in [2.05, 4.69) is 27.4 Å².